The Morgan fingerprint density at radius 2 is 1.38 bits per heavy atom. The van der Waals surface area contributed by atoms with E-state index in [4.69, 9.17) is 4.74 Å². The molecule has 1 atom stereocenters. The number of rotatable bonds is 6. The standard InChI is InChI=1S/C23H21I4NO6/c24-14-10-13(11-15(25)21(14)31)34-22-16(26)7-12(8-17(22)27)9-18(23(32)33)28-19(29)5-3-1-2-4-6-20(28)30/h7-8,10-11,18,31H,1-6,9H2,(H,32,33)/t18-/m1/s1. The van der Waals surface area contributed by atoms with Gasteiger partial charge in [-0.25, -0.2) is 4.79 Å². The van der Waals surface area contributed by atoms with E-state index in [0.717, 1.165) is 24.9 Å². The van der Waals surface area contributed by atoms with Crippen LogP contribution >= 0.6 is 90.4 Å². The maximum Gasteiger partial charge on any atom is 0.327 e. The maximum atomic E-state index is 12.7. The molecule has 2 N–H and O–H groups in total. The summed E-state index contributed by atoms with van der Waals surface area (Å²) in [6.45, 7) is 0. The summed E-state index contributed by atoms with van der Waals surface area (Å²) in [5, 5.41) is 19.9. The first-order chi connectivity index (χ1) is 16.1. The zero-order chi connectivity index (χ0) is 25.0. The first kappa shape index (κ1) is 28.1. The van der Waals surface area contributed by atoms with E-state index in [0.29, 0.717) is 37.0 Å². The van der Waals surface area contributed by atoms with E-state index in [-0.39, 0.29) is 25.0 Å². The van der Waals surface area contributed by atoms with Gasteiger partial charge in [0.2, 0.25) is 11.8 Å². The Morgan fingerprint density at radius 1 is 0.882 bits per heavy atom. The minimum absolute atomic E-state index is 0.0219. The average molecular weight is 915 g/mol. The Labute approximate surface area is 251 Å². The van der Waals surface area contributed by atoms with E-state index in [9.17, 15) is 24.6 Å². The number of phenolic OH excluding ortho intramolecular Hbond substituents is 1. The second-order valence-corrected chi connectivity index (χ2v) is 12.5. The second-order valence-electron chi connectivity index (χ2n) is 7.86. The van der Waals surface area contributed by atoms with Crippen molar-refractivity contribution in [1.29, 1.82) is 0 Å². The number of hydrogen-bond donors (Lipinski definition) is 2. The van der Waals surface area contributed by atoms with Gasteiger partial charge in [-0.15, -0.1) is 0 Å². The van der Waals surface area contributed by atoms with Crippen LogP contribution in [0.25, 0.3) is 0 Å². The van der Waals surface area contributed by atoms with Gasteiger partial charge in [-0.1, -0.05) is 12.8 Å². The molecule has 1 fully saturated rings. The van der Waals surface area contributed by atoms with Crippen LogP contribution in [0.3, 0.4) is 0 Å². The van der Waals surface area contributed by atoms with E-state index in [2.05, 4.69) is 45.2 Å². The van der Waals surface area contributed by atoms with Gasteiger partial charge in [-0.3, -0.25) is 14.5 Å². The predicted octanol–water partition coefficient (Wildman–Crippen LogP) is 6.31. The molecule has 182 valence electrons. The quantitative estimate of drug-likeness (QED) is 0.261. The lowest BCUT2D eigenvalue weighted by Gasteiger charge is -2.27. The smallest absolute Gasteiger partial charge is 0.327 e. The highest BCUT2D eigenvalue weighted by Gasteiger charge is 2.35. The molecule has 3 rings (SSSR count). The molecule has 34 heavy (non-hydrogen) atoms. The van der Waals surface area contributed by atoms with Crippen LogP contribution in [0.15, 0.2) is 24.3 Å². The van der Waals surface area contributed by atoms with Crippen molar-refractivity contribution in [2.75, 3.05) is 0 Å². The summed E-state index contributed by atoms with van der Waals surface area (Å²) in [6.07, 6.45) is 3.43. The number of aliphatic carboxylic acids is 1. The first-order valence-electron chi connectivity index (χ1n) is 10.5. The van der Waals surface area contributed by atoms with Gasteiger partial charge in [-0.2, -0.15) is 0 Å². The number of aromatic hydroxyl groups is 1. The van der Waals surface area contributed by atoms with E-state index in [1.807, 2.05) is 57.3 Å². The normalized spacial score (nSPS) is 15.9. The molecule has 0 aliphatic carbocycles. The Kier molecular flexibility index (Phi) is 10.5. The van der Waals surface area contributed by atoms with Crippen LogP contribution in [-0.2, 0) is 20.8 Å². The van der Waals surface area contributed by atoms with Crippen molar-refractivity contribution >= 4 is 108 Å². The number of benzene rings is 2. The zero-order valence-electron chi connectivity index (χ0n) is 17.8. The molecule has 1 saturated heterocycles. The van der Waals surface area contributed by atoms with Gasteiger partial charge in [0, 0.05) is 19.3 Å². The Balaban J connectivity index is 1.88. The summed E-state index contributed by atoms with van der Waals surface area (Å²) in [6, 6.07) is 5.85. The summed E-state index contributed by atoms with van der Waals surface area (Å²) >= 11 is 8.33. The fraction of sp³-hybridized carbons (Fsp3) is 0.348. The Bertz CT molecular complexity index is 1060. The average Bonchev–Trinajstić information content (AvgIpc) is 2.83. The molecular formula is C23H21I4NO6. The molecule has 1 aliphatic heterocycles. The largest absolute Gasteiger partial charge is 0.506 e. The van der Waals surface area contributed by atoms with Gasteiger partial charge in [0.05, 0.1) is 14.3 Å². The highest BCUT2D eigenvalue weighted by Crippen LogP contribution is 2.37. The number of carbonyl (C=O) groups excluding carboxylic acids is 2. The minimum atomic E-state index is -1.25. The van der Waals surface area contributed by atoms with E-state index in [1.54, 1.807) is 12.1 Å². The summed E-state index contributed by atoms with van der Waals surface area (Å²) in [5.74, 6) is -0.632. The molecule has 0 bridgehead atoms. The lowest BCUT2D eigenvalue weighted by Crippen LogP contribution is -2.49. The summed E-state index contributed by atoms with van der Waals surface area (Å²) in [4.78, 5) is 38.6. The van der Waals surface area contributed by atoms with Crippen molar-refractivity contribution in [1.82, 2.24) is 4.90 Å². The van der Waals surface area contributed by atoms with Gasteiger partial charge in [0.25, 0.3) is 0 Å². The third kappa shape index (κ3) is 7.08. The lowest BCUT2D eigenvalue weighted by molar-refractivity contribution is -0.158. The molecule has 1 aliphatic rings. The number of carboxylic acid groups (broad SMARTS) is 1. The maximum absolute atomic E-state index is 12.7. The molecule has 2 aromatic rings. The van der Waals surface area contributed by atoms with Crippen LogP contribution in [0.2, 0.25) is 0 Å². The number of hydrogen-bond acceptors (Lipinski definition) is 5. The number of ether oxygens (including phenoxy) is 1. The van der Waals surface area contributed by atoms with Crippen LogP contribution in [-0.4, -0.2) is 38.9 Å². The van der Waals surface area contributed by atoms with Crippen molar-refractivity contribution in [2.24, 2.45) is 0 Å². The van der Waals surface area contributed by atoms with Crippen LogP contribution in [0.4, 0.5) is 0 Å². The molecule has 1 heterocycles. The zero-order valence-corrected chi connectivity index (χ0v) is 26.5. The lowest BCUT2D eigenvalue weighted by atomic mass is 10.0. The molecule has 0 radical (unpaired) electrons. The molecular weight excluding hydrogens is 894 g/mol. The Morgan fingerprint density at radius 3 is 1.85 bits per heavy atom. The van der Waals surface area contributed by atoms with Gasteiger partial charge >= 0.3 is 5.97 Å². The molecule has 0 spiro atoms. The van der Waals surface area contributed by atoms with Gasteiger partial charge in [0.1, 0.15) is 17.5 Å². The predicted molar refractivity (Wildman–Crippen MR) is 160 cm³/mol. The number of imide groups is 1. The van der Waals surface area contributed by atoms with E-state index < -0.39 is 23.8 Å². The molecule has 7 nitrogen and oxygen atoms in total. The number of carboxylic acids is 1. The molecule has 0 saturated carbocycles. The third-order valence-corrected chi connectivity index (χ3v) is 8.61. The number of phenols is 1. The fourth-order valence-electron chi connectivity index (χ4n) is 3.69. The number of amides is 2. The molecule has 0 unspecified atom stereocenters. The van der Waals surface area contributed by atoms with E-state index in [1.165, 1.54) is 0 Å². The molecule has 2 amide bonds. The first-order valence-corrected chi connectivity index (χ1v) is 14.8. The topological polar surface area (TPSA) is 104 Å². The number of carbonyl (C=O) groups is 3. The third-order valence-electron chi connectivity index (χ3n) is 5.36. The monoisotopic (exact) mass is 915 g/mol. The van der Waals surface area contributed by atoms with Gasteiger partial charge in [-0.05, 0) is 133 Å². The fourth-order valence-corrected chi connectivity index (χ4v) is 7.52. The number of halogens is 4. The van der Waals surface area contributed by atoms with Crippen LogP contribution < -0.4 is 4.74 Å². The minimum Gasteiger partial charge on any atom is -0.506 e. The summed E-state index contributed by atoms with van der Waals surface area (Å²) in [7, 11) is 0. The molecule has 2 aromatic carbocycles. The van der Waals surface area contributed by atoms with Crippen molar-refractivity contribution in [3.05, 3.63) is 44.1 Å². The van der Waals surface area contributed by atoms with Crippen molar-refractivity contribution in [2.45, 2.75) is 51.0 Å². The summed E-state index contributed by atoms with van der Waals surface area (Å²) < 4.78 is 8.96. The van der Waals surface area contributed by atoms with Crippen LogP contribution in [0.5, 0.6) is 17.2 Å². The summed E-state index contributed by atoms with van der Waals surface area (Å²) in [5.41, 5.74) is 0.698. The van der Waals surface area contributed by atoms with Crippen molar-refractivity contribution in [3.8, 4) is 17.2 Å². The SMILES string of the molecule is O=C(O)[C@@H](Cc1cc(I)c(Oc2cc(I)c(O)c(I)c2)c(I)c1)N1C(=O)CCCCCCC1=O. The molecule has 0 aromatic heterocycles. The Hall–Kier alpha value is -0.430. The number of nitrogens with zero attached hydrogens (tertiary/aromatic N) is 1. The highest BCUT2D eigenvalue weighted by molar-refractivity contribution is 14.1. The van der Waals surface area contributed by atoms with Gasteiger partial charge < -0.3 is 14.9 Å². The van der Waals surface area contributed by atoms with Crippen molar-refractivity contribution < 1.29 is 29.3 Å². The van der Waals surface area contributed by atoms with Crippen LogP contribution in [0, 0.1) is 14.3 Å². The van der Waals surface area contributed by atoms with Crippen molar-refractivity contribution in [3.63, 3.8) is 0 Å². The van der Waals surface area contributed by atoms with Gasteiger partial charge in [0.15, 0.2) is 5.75 Å². The second kappa shape index (κ2) is 12.7. The van der Waals surface area contributed by atoms with Crippen LogP contribution in [0.1, 0.15) is 44.1 Å². The highest BCUT2D eigenvalue weighted by atomic mass is 127. The van der Waals surface area contributed by atoms with E-state index >= 15 is 0 Å². The molecule has 11 heteroatoms.